The van der Waals surface area contributed by atoms with Gasteiger partial charge in [0.1, 0.15) is 0 Å². The molecule has 2 heterocycles. The van der Waals surface area contributed by atoms with Crippen LogP contribution in [-0.4, -0.2) is 38.1 Å². The Morgan fingerprint density at radius 2 is 2.26 bits per heavy atom. The van der Waals surface area contributed by atoms with Crippen molar-refractivity contribution >= 4 is 23.3 Å². The number of nitrogens with zero attached hydrogens (tertiary/aromatic N) is 3. The molecule has 0 spiro atoms. The van der Waals surface area contributed by atoms with Gasteiger partial charge < -0.3 is 5.32 Å². The van der Waals surface area contributed by atoms with Crippen molar-refractivity contribution in [3.05, 3.63) is 29.7 Å². The van der Waals surface area contributed by atoms with E-state index >= 15 is 0 Å². The lowest BCUT2D eigenvalue weighted by Crippen LogP contribution is -2.27. The Kier molecular flexibility index (Phi) is 5.54. The molecule has 0 bridgehead atoms. The molecule has 0 saturated heterocycles. The van der Waals surface area contributed by atoms with Crippen molar-refractivity contribution in [1.82, 2.24) is 19.9 Å². The van der Waals surface area contributed by atoms with Crippen LogP contribution < -0.4 is 5.32 Å². The molecule has 0 aromatic carbocycles. The van der Waals surface area contributed by atoms with E-state index in [0.717, 1.165) is 36.3 Å². The molecule has 1 aliphatic rings. The summed E-state index contributed by atoms with van der Waals surface area (Å²) in [7, 11) is 0. The largest absolute Gasteiger partial charge is 0.355 e. The second kappa shape index (κ2) is 7.81. The van der Waals surface area contributed by atoms with Gasteiger partial charge in [-0.15, -0.1) is 11.8 Å². The first-order valence-electron chi connectivity index (χ1n) is 8.40. The molecule has 0 aliphatic heterocycles. The fraction of sp³-hybridized carbons (Fsp3) is 0.588. The van der Waals surface area contributed by atoms with Gasteiger partial charge in [-0.05, 0) is 38.2 Å². The monoisotopic (exact) mass is 332 g/mol. The van der Waals surface area contributed by atoms with Gasteiger partial charge >= 0.3 is 0 Å². The first-order chi connectivity index (χ1) is 11.2. The van der Waals surface area contributed by atoms with Gasteiger partial charge in [0.2, 0.25) is 5.91 Å². The minimum absolute atomic E-state index is 0.165. The quantitative estimate of drug-likeness (QED) is 0.792. The van der Waals surface area contributed by atoms with Gasteiger partial charge in [-0.1, -0.05) is 12.8 Å². The number of nitrogens with one attached hydrogen (secondary N) is 1. The predicted octanol–water partition coefficient (Wildman–Crippen LogP) is 2.76. The van der Waals surface area contributed by atoms with Crippen LogP contribution in [0.3, 0.4) is 0 Å². The molecule has 1 saturated carbocycles. The maximum atomic E-state index is 11.8. The number of amides is 1. The van der Waals surface area contributed by atoms with E-state index < -0.39 is 0 Å². The first-order valence-corrected chi connectivity index (χ1v) is 9.45. The topological polar surface area (TPSA) is 59.3 Å². The van der Waals surface area contributed by atoms with Gasteiger partial charge in [-0.2, -0.15) is 5.10 Å². The average Bonchev–Trinajstić information content (AvgIpc) is 3.17. The van der Waals surface area contributed by atoms with Crippen LogP contribution in [0.15, 0.2) is 18.5 Å². The number of carbonyl (C=O) groups excluding carboxylic acids is 1. The molecule has 0 radical (unpaired) electrons. The number of carbonyl (C=O) groups is 1. The summed E-state index contributed by atoms with van der Waals surface area (Å²) in [4.78, 5) is 16.2. The molecule has 0 unspecified atom stereocenters. The first kappa shape index (κ1) is 16.3. The smallest absolute Gasteiger partial charge is 0.230 e. The fourth-order valence-corrected chi connectivity index (χ4v) is 4.14. The summed E-state index contributed by atoms with van der Waals surface area (Å²) in [6.07, 6.45) is 11.0. The summed E-state index contributed by atoms with van der Waals surface area (Å²) in [6, 6.07) is 1.96. The Balaban J connectivity index is 1.35. The lowest BCUT2D eigenvalue weighted by molar-refractivity contribution is -0.118. The number of hydrogen-bond donors (Lipinski definition) is 1. The van der Waals surface area contributed by atoms with Gasteiger partial charge in [0.15, 0.2) is 5.65 Å². The number of aromatic nitrogens is 3. The molecule has 5 nitrogen and oxygen atoms in total. The summed E-state index contributed by atoms with van der Waals surface area (Å²) in [5.74, 6) is 0.767. The standard InChI is InChI=1S/C17H24N4OS/c1-13-9-16-19-10-14(11-21(16)20-13)5-4-8-18-17(22)12-23-15-6-2-3-7-15/h9-11,15H,2-8,12H2,1H3,(H,18,22). The lowest BCUT2D eigenvalue weighted by atomic mass is 10.2. The third-order valence-corrected chi connectivity index (χ3v) is 5.58. The van der Waals surface area contributed by atoms with Crippen molar-refractivity contribution in [1.29, 1.82) is 0 Å². The van der Waals surface area contributed by atoms with Crippen molar-refractivity contribution in [3.8, 4) is 0 Å². The van der Waals surface area contributed by atoms with E-state index in [2.05, 4.69) is 15.4 Å². The van der Waals surface area contributed by atoms with Crippen LogP contribution in [0.2, 0.25) is 0 Å². The third-order valence-electron chi connectivity index (χ3n) is 4.21. The molecule has 124 valence electrons. The van der Waals surface area contributed by atoms with Crippen LogP contribution in [0.5, 0.6) is 0 Å². The van der Waals surface area contributed by atoms with E-state index in [-0.39, 0.29) is 5.91 Å². The molecule has 1 fully saturated rings. The molecule has 3 rings (SSSR count). The number of aryl methyl sites for hydroxylation is 2. The molecule has 6 heteroatoms. The van der Waals surface area contributed by atoms with Crippen LogP contribution in [0, 0.1) is 6.92 Å². The highest BCUT2D eigenvalue weighted by Gasteiger charge is 2.16. The Morgan fingerprint density at radius 3 is 3.09 bits per heavy atom. The molecule has 1 N–H and O–H groups in total. The third kappa shape index (κ3) is 4.70. The Morgan fingerprint density at radius 1 is 1.43 bits per heavy atom. The van der Waals surface area contributed by atoms with E-state index in [4.69, 9.17) is 0 Å². The molecule has 1 amide bonds. The minimum atomic E-state index is 0.165. The highest BCUT2D eigenvalue weighted by atomic mass is 32.2. The molecule has 23 heavy (non-hydrogen) atoms. The number of hydrogen-bond acceptors (Lipinski definition) is 4. The summed E-state index contributed by atoms with van der Waals surface area (Å²) in [6.45, 7) is 2.69. The van der Waals surface area contributed by atoms with E-state index in [1.807, 2.05) is 41.7 Å². The van der Waals surface area contributed by atoms with Gasteiger partial charge in [0.05, 0.1) is 11.4 Å². The SMILES string of the molecule is Cc1cc2ncc(CCCNC(=O)CSC3CCCC3)cn2n1. The number of thioether (sulfide) groups is 1. The van der Waals surface area contributed by atoms with Crippen molar-refractivity contribution < 1.29 is 4.79 Å². The summed E-state index contributed by atoms with van der Waals surface area (Å²) in [5, 5.41) is 8.09. The number of fused-ring (bicyclic) bond motifs is 1. The highest BCUT2D eigenvalue weighted by Crippen LogP contribution is 2.28. The van der Waals surface area contributed by atoms with Crippen LogP contribution in [0.1, 0.15) is 43.4 Å². The van der Waals surface area contributed by atoms with Crippen molar-refractivity contribution in [2.45, 2.75) is 50.7 Å². The number of rotatable bonds is 7. The van der Waals surface area contributed by atoms with Crippen LogP contribution in [0.4, 0.5) is 0 Å². The second-order valence-electron chi connectivity index (χ2n) is 6.22. The Hall–Kier alpha value is -1.56. The lowest BCUT2D eigenvalue weighted by Gasteiger charge is -2.09. The zero-order chi connectivity index (χ0) is 16.1. The summed E-state index contributed by atoms with van der Waals surface area (Å²) >= 11 is 1.82. The van der Waals surface area contributed by atoms with Gasteiger partial charge in [0, 0.05) is 30.3 Å². The molecule has 2 aromatic rings. The predicted molar refractivity (Wildman–Crippen MR) is 93.8 cm³/mol. The fourth-order valence-electron chi connectivity index (χ4n) is 2.98. The summed E-state index contributed by atoms with van der Waals surface area (Å²) < 4.78 is 1.82. The maximum Gasteiger partial charge on any atom is 0.230 e. The average molecular weight is 332 g/mol. The van der Waals surface area contributed by atoms with E-state index in [9.17, 15) is 4.79 Å². The van der Waals surface area contributed by atoms with Gasteiger partial charge in [-0.3, -0.25) is 4.79 Å². The van der Waals surface area contributed by atoms with E-state index in [1.165, 1.54) is 25.7 Å². The van der Waals surface area contributed by atoms with Crippen LogP contribution in [-0.2, 0) is 11.2 Å². The van der Waals surface area contributed by atoms with E-state index in [1.54, 1.807) is 0 Å². The molecular formula is C17H24N4OS. The molecule has 2 aromatic heterocycles. The van der Waals surface area contributed by atoms with Gasteiger partial charge in [0.25, 0.3) is 0 Å². The second-order valence-corrected chi connectivity index (χ2v) is 7.51. The maximum absolute atomic E-state index is 11.8. The summed E-state index contributed by atoms with van der Waals surface area (Å²) in [5.41, 5.74) is 3.00. The van der Waals surface area contributed by atoms with Gasteiger partial charge in [-0.25, -0.2) is 9.50 Å². The molecular weight excluding hydrogens is 308 g/mol. The van der Waals surface area contributed by atoms with E-state index in [0.29, 0.717) is 11.0 Å². The molecule has 1 aliphatic carbocycles. The van der Waals surface area contributed by atoms with Crippen molar-refractivity contribution in [2.75, 3.05) is 12.3 Å². The zero-order valence-corrected chi connectivity index (χ0v) is 14.4. The van der Waals surface area contributed by atoms with Crippen LogP contribution >= 0.6 is 11.8 Å². The van der Waals surface area contributed by atoms with Crippen molar-refractivity contribution in [3.63, 3.8) is 0 Å². The normalized spacial score (nSPS) is 15.3. The Labute approximate surface area is 141 Å². The highest BCUT2D eigenvalue weighted by molar-refractivity contribution is 8.00. The minimum Gasteiger partial charge on any atom is -0.355 e. The van der Waals surface area contributed by atoms with Crippen LogP contribution in [0.25, 0.3) is 5.65 Å². The Bertz CT molecular complexity index is 664. The molecule has 0 atom stereocenters. The zero-order valence-electron chi connectivity index (χ0n) is 13.6. The van der Waals surface area contributed by atoms with Crippen molar-refractivity contribution in [2.24, 2.45) is 0 Å².